The van der Waals surface area contributed by atoms with Gasteiger partial charge in [0, 0.05) is 19.1 Å². The van der Waals surface area contributed by atoms with Gasteiger partial charge in [0.25, 0.3) is 0 Å². The Hall–Kier alpha value is -1.88. The van der Waals surface area contributed by atoms with Crippen LogP contribution in [0.2, 0.25) is 0 Å². The Morgan fingerprint density at radius 1 is 1.20 bits per heavy atom. The lowest BCUT2D eigenvalue weighted by Crippen LogP contribution is -2.56. The first-order valence-electron chi connectivity index (χ1n) is 9.28. The number of nitrogens with zero attached hydrogens (tertiary/aromatic N) is 3. The first-order valence-corrected chi connectivity index (χ1v) is 9.28. The molecule has 2 aliphatic rings. The Labute approximate surface area is 150 Å². The fraction of sp³-hybridized carbons (Fsp3) is 0.600. The molecule has 1 saturated carbocycles. The fourth-order valence-corrected chi connectivity index (χ4v) is 4.15. The van der Waals surface area contributed by atoms with Crippen LogP contribution in [0.5, 0.6) is 0 Å². The van der Waals surface area contributed by atoms with Crippen molar-refractivity contribution in [3.63, 3.8) is 0 Å². The van der Waals surface area contributed by atoms with E-state index in [0.717, 1.165) is 24.0 Å². The summed E-state index contributed by atoms with van der Waals surface area (Å²) >= 11 is 0. The standard InChI is InChI=1S/C20H29N3O2/c1-15-7-6-8-16(13-15)19(21(2)3)20(25)22-11-12-23(18(24)14-22)17-9-4-5-10-17/h6-8,13,17,19H,4-5,9-12,14H2,1-3H3/t19-/m1/s1. The van der Waals surface area contributed by atoms with Gasteiger partial charge in [-0.1, -0.05) is 42.7 Å². The Balaban J connectivity index is 1.72. The second kappa shape index (κ2) is 7.56. The van der Waals surface area contributed by atoms with Crippen molar-refractivity contribution in [3.05, 3.63) is 35.4 Å². The minimum absolute atomic E-state index is 0.0232. The molecule has 0 radical (unpaired) electrons. The van der Waals surface area contributed by atoms with Crippen molar-refractivity contribution in [1.82, 2.24) is 14.7 Å². The molecule has 25 heavy (non-hydrogen) atoms. The molecule has 1 aromatic carbocycles. The average molecular weight is 343 g/mol. The average Bonchev–Trinajstić information content (AvgIpc) is 3.08. The molecule has 1 aliphatic carbocycles. The molecule has 3 rings (SSSR count). The van der Waals surface area contributed by atoms with E-state index in [9.17, 15) is 9.59 Å². The normalized spacial score (nSPS) is 20.4. The molecule has 0 unspecified atom stereocenters. The van der Waals surface area contributed by atoms with E-state index in [4.69, 9.17) is 0 Å². The van der Waals surface area contributed by atoms with E-state index < -0.39 is 0 Å². The summed E-state index contributed by atoms with van der Waals surface area (Å²) in [5.74, 6) is 0.128. The van der Waals surface area contributed by atoms with Gasteiger partial charge >= 0.3 is 0 Å². The molecule has 2 fully saturated rings. The van der Waals surface area contributed by atoms with Gasteiger partial charge in [-0.3, -0.25) is 14.5 Å². The van der Waals surface area contributed by atoms with Crippen LogP contribution in [0, 0.1) is 6.92 Å². The highest BCUT2D eigenvalue weighted by Gasteiger charge is 2.36. The molecule has 5 nitrogen and oxygen atoms in total. The molecule has 0 aromatic heterocycles. The number of amides is 2. The quantitative estimate of drug-likeness (QED) is 0.842. The van der Waals surface area contributed by atoms with Crippen LogP contribution in [0.3, 0.4) is 0 Å². The van der Waals surface area contributed by atoms with E-state index in [1.54, 1.807) is 4.90 Å². The maximum Gasteiger partial charge on any atom is 0.245 e. The molecule has 2 amide bonds. The minimum atomic E-state index is -0.342. The van der Waals surface area contributed by atoms with Crippen molar-refractivity contribution in [3.8, 4) is 0 Å². The number of hydrogen-bond donors (Lipinski definition) is 0. The number of carbonyl (C=O) groups excluding carboxylic acids is 2. The third-order valence-corrected chi connectivity index (χ3v) is 5.44. The first-order chi connectivity index (χ1) is 12.0. The van der Waals surface area contributed by atoms with Crippen molar-refractivity contribution in [2.24, 2.45) is 0 Å². The zero-order valence-corrected chi connectivity index (χ0v) is 15.6. The highest BCUT2D eigenvalue weighted by molar-refractivity contribution is 5.89. The van der Waals surface area contributed by atoms with Crippen LogP contribution in [0.25, 0.3) is 0 Å². The molecule has 0 spiro atoms. The summed E-state index contributed by atoms with van der Waals surface area (Å²) in [7, 11) is 3.84. The molecule has 1 aliphatic heterocycles. The van der Waals surface area contributed by atoms with Crippen LogP contribution >= 0.6 is 0 Å². The lowest BCUT2D eigenvalue weighted by Gasteiger charge is -2.39. The van der Waals surface area contributed by atoms with Crippen LogP contribution in [-0.4, -0.2) is 66.3 Å². The zero-order valence-electron chi connectivity index (χ0n) is 15.6. The summed E-state index contributed by atoms with van der Waals surface area (Å²) in [6.45, 7) is 3.55. The Morgan fingerprint density at radius 3 is 2.52 bits per heavy atom. The van der Waals surface area contributed by atoms with E-state index in [-0.39, 0.29) is 24.4 Å². The Kier molecular flexibility index (Phi) is 5.42. The smallest absolute Gasteiger partial charge is 0.245 e. The molecule has 1 heterocycles. The van der Waals surface area contributed by atoms with Gasteiger partial charge in [-0.25, -0.2) is 0 Å². The van der Waals surface area contributed by atoms with Crippen molar-refractivity contribution < 1.29 is 9.59 Å². The molecule has 136 valence electrons. The lowest BCUT2D eigenvalue weighted by molar-refractivity contribution is -0.149. The van der Waals surface area contributed by atoms with Crippen molar-refractivity contribution >= 4 is 11.8 Å². The van der Waals surface area contributed by atoms with Crippen LogP contribution in [0.1, 0.15) is 42.9 Å². The number of carbonyl (C=O) groups is 2. The molecule has 1 saturated heterocycles. The van der Waals surface area contributed by atoms with E-state index in [2.05, 4.69) is 6.07 Å². The maximum absolute atomic E-state index is 13.1. The summed E-state index contributed by atoms with van der Waals surface area (Å²) in [6, 6.07) is 8.12. The largest absolute Gasteiger partial charge is 0.336 e. The second-order valence-electron chi connectivity index (χ2n) is 7.57. The predicted molar refractivity (Wildman–Crippen MR) is 98.2 cm³/mol. The van der Waals surface area contributed by atoms with Crippen LogP contribution in [0.15, 0.2) is 24.3 Å². The zero-order chi connectivity index (χ0) is 18.0. The van der Waals surface area contributed by atoms with Gasteiger partial charge in [-0.15, -0.1) is 0 Å². The van der Waals surface area contributed by atoms with Gasteiger partial charge in [0.2, 0.25) is 11.8 Å². The number of likely N-dealkylation sites (N-methyl/N-ethyl adjacent to an activating group) is 1. The number of benzene rings is 1. The van der Waals surface area contributed by atoms with E-state index in [1.807, 2.05) is 49.0 Å². The molecular formula is C20H29N3O2. The van der Waals surface area contributed by atoms with Gasteiger partial charge in [0.1, 0.15) is 6.04 Å². The van der Waals surface area contributed by atoms with Gasteiger partial charge in [-0.2, -0.15) is 0 Å². The molecular weight excluding hydrogens is 314 g/mol. The van der Waals surface area contributed by atoms with Crippen molar-refractivity contribution in [2.45, 2.75) is 44.7 Å². The summed E-state index contributed by atoms with van der Waals surface area (Å²) in [6.07, 6.45) is 4.66. The SMILES string of the molecule is Cc1cccc([C@H](C(=O)N2CCN(C3CCCC3)C(=O)C2)N(C)C)c1. The third kappa shape index (κ3) is 3.87. The Bertz CT molecular complexity index is 638. The first kappa shape index (κ1) is 17.9. The number of aryl methyl sites for hydroxylation is 1. The summed E-state index contributed by atoms with van der Waals surface area (Å²) in [4.78, 5) is 31.4. The highest BCUT2D eigenvalue weighted by atomic mass is 16.2. The summed E-state index contributed by atoms with van der Waals surface area (Å²) in [5, 5.41) is 0. The second-order valence-corrected chi connectivity index (χ2v) is 7.57. The summed E-state index contributed by atoms with van der Waals surface area (Å²) < 4.78 is 0. The van der Waals surface area contributed by atoms with E-state index in [0.29, 0.717) is 19.1 Å². The highest BCUT2D eigenvalue weighted by Crippen LogP contribution is 2.27. The molecule has 5 heteroatoms. The molecule has 0 N–H and O–H groups in total. The van der Waals surface area contributed by atoms with Gasteiger partial charge < -0.3 is 9.80 Å². The number of hydrogen-bond acceptors (Lipinski definition) is 3. The lowest BCUT2D eigenvalue weighted by atomic mass is 10.0. The third-order valence-electron chi connectivity index (χ3n) is 5.44. The van der Waals surface area contributed by atoms with Gasteiger partial charge in [-0.05, 0) is 39.4 Å². The van der Waals surface area contributed by atoms with E-state index in [1.165, 1.54) is 12.8 Å². The molecule has 1 aromatic rings. The topological polar surface area (TPSA) is 43.9 Å². The number of piperazine rings is 1. The number of rotatable bonds is 4. The predicted octanol–water partition coefficient (Wildman–Crippen LogP) is 2.21. The monoisotopic (exact) mass is 343 g/mol. The van der Waals surface area contributed by atoms with E-state index >= 15 is 0 Å². The van der Waals surface area contributed by atoms with Crippen LogP contribution in [-0.2, 0) is 9.59 Å². The van der Waals surface area contributed by atoms with Gasteiger partial charge in [0.15, 0.2) is 0 Å². The fourth-order valence-electron chi connectivity index (χ4n) is 4.15. The van der Waals surface area contributed by atoms with Crippen LogP contribution in [0.4, 0.5) is 0 Å². The van der Waals surface area contributed by atoms with Crippen LogP contribution < -0.4 is 0 Å². The summed E-state index contributed by atoms with van der Waals surface area (Å²) in [5.41, 5.74) is 2.12. The maximum atomic E-state index is 13.1. The van der Waals surface area contributed by atoms with Crippen molar-refractivity contribution in [1.29, 1.82) is 0 Å². The van der Waals surface area contributed by atoms with Crippen molar-refractivity contribution in [2.75, 3.05) is 33.7 Å². The molecule has 1 atom stereocenters. The Morgan fingerprint density at radius 2 is 1.92 bits per heavy atom. The molecule has 0 bridgehead atoms. The van der Waals surface area contributed by atoms with Gasteiger partial charge in [0.05, 0.1) is 6.54 Å². The minimum Gasteiger partial charge on any atom is -0.336 e.